The second-order valence-electron chi connectivity index (χ2n) is 4.90. The van der Waals surface area contributed by atoms with E-state index in [2.05, 4.69) is 0 Å². The Labute approximate surface area is 118 Å². The van der Waals surface area contributed by atoms with Gasteiger partial charge in [-0.15, -0.1) is 0 Å². The zero-order valence-corrected chi connectivity index (χ0v) is 11.5. The van der Waals surface area contributed by atoms with Crippen LogP contribution in [-0.2, 0) is 20.8 Å². The Morgan fingerprint density at radius 2 is 1.86 bits per heavy atom. The maximum absolute atomic E-state index is 13.3. The maximum atomic E-state index is 13.3. The second-order valence-corrected chi connectivity index (χ2v) is 7.13. The molecule has 0 aliphatic heterocycles. The summed E-state index contributed by atoms with van der Waals surface area (Å²) in [5.41, 5.74) is -1.08. The fraction of sp³-hybridized carbons (Fsp3) is 0.462. The van der Waals surface area contributed by atoms with E-state index in [-0.39, 0.29) is 12.8 Å². The predicted octanol–water partition coefficient (Wildman–Crippen LogP) is 2.94. The minimum Gasteiger partial charge on any atom is -0.296 e. The maximum Gasteiger partial charge on any atom is 0.416 e. The highest BCUT2D eigenvalue weighted by molar-refractivity contribution is 7.92. The Balaban J connectivity index is 2.34. The summed E-state index contributed by atoms with van der Waals surface area (Å²) in [5, 5.41) is -1.17. The molecule has 2 rings (SSSR count). The highest BCUT2D eigenvalue weighted by atomic mass is 32.2. The fourth-order valence-electron chi connectivity index (χ4n) is 2.26. The lowest BCUT2D eigenvalue weighted by Gasteiger charge is -2.24. The molecular weight excluding hydrogens is 312 g/mol. The number of hydrogen-bond donors (Lipinski definition) is 0. The first kappa shape index (κ1) is 15.9. The molecular formula is C13H12F4O3S. The van der Waals surface area contributed by atoms with Crippen LogP contribution in [0.5, 0.6) is 0 Å². The predicted molar refractivity (Wildman–Crippen MR) is 66.2 cm³/mol. The lowest BCUT2D eigenvalue weighted by atomic mass is 9.97. The number of carbonyl (C=O) groups is 1. The molecule has 3 nitrogen and oxygen atoms in total. The zero-order chi connectivity index (χ0) is 15.8. The van der Waals surface area contributed by atoms with Crippen molar-refractivity contribution in [2.45, 2.75) is 41.8 Å². The number of hydrogen-bond acceptors (Lipinski definition) is 3. The van der Waals surface area contributed by atoms with Crippen LogP contribution in [0.2, 0.25) is 0 Å². The first-order valence-corrected chi connectivity index (χ1v) is 7.75. The number of ketones is 1. The van der Waals surface area contributed by atoms with E-state index in [1.54, 1.807) is 0 Å². The van der Waals surface area contributed by atoms with Crippen molar-refractivity contribution in [3.63, 3.8) is 0 Å². The smallest absolute Gasteiger partial charge is 0.296 e. The molecule has 0 N–H and O–H groups in total. The van der Waals surface area contributed by atoms with E-state index in [1.807, 2.05) is 0 Å². The van der Waals surface area contributed by atoms with Crippen LogP contribution >= 0.6 is 0 Å². The molecule has 0 saturated heterocycles. The van der Waals surface area contributed by atoms with E-state index in [0.29, 0.717) is 6.07 Å². The summed E-state index contributed by atoms with van der Waals surface area (Å²) in [7, 11) is -4.09. The summed E-state index contributed by atoms with van der Waals surface area (Å²) >= 11 is 0. The molecule has 0 heterocycles. The van der Waals surface area contributed by atoms with Crippen molar-refractivity contribution < 1.29 is 30.8 Å². The monoisotopic (exact) mass is 324 g/mol. The van der Waals surface area contributed by atoms with Gasteiger partial charge in [0.2, 0.25) is 0 Å². The van der Waals surface area contributed by atoms with E-state index in [4.69, 9.17) is 0 Å². The number of alkyl halides is 4. The van der Waals surface area contributed by atoms with Gasteiger partial charge in [0.1, 0.15) is 0 Å². The molecule has 1 fully saturated rings. The van der Waals surface area contributed by atoms with Crippen molar-refractivity contribution in [2.75, 3.05) is 0 Å². The van der Waals surface area contributed by atoms with Gasteiger partial charge in [-0.05, 0) is 24.6 Å². The van der Waals surface area contributed by atoms with Gasteiger partial charge in [0.15, 0.2) is 21.8 Å². The molecule has 1 aliphatic carbocycles. The topological polar surface area (TPSA) is 51.2 Å². The van der Waals surface area contributed by atoms with Crippen molar-refractivity contribution >= 4 is 15.6 Å². The number of sulfone groups is 1. The average molecular weight is 324 g/mol. The van der Waals surface area contributed by atoms with Crippen LogP contribution in [-0.4, -0.2) is 25.6 Å². The number of rotatable bonds is 2. The lowest BCUT2D eigenvalue weighted by Crippen LogP contribution is -2.34. The molecule has 0 bridgehead atoms. The highest BCUT2D eigenvalue weighted by Crippen LogP contribution is 2.33. The van der Waals surface area contributed by atoms with Crippen LogP contribution < -0.4 is 0 Å². The van der Waals surface area contributed by atoms with Gasteiger partial charge in [0.25, 0.3) is 0 Å². The van der Waals surface area contributed by atoms with Gasteiger partial charge in [-0.25, -0.2) is 12.8 Å². The van der Waals surface area contributed by atoms with E-state index >= 15 is 0 Å². The van der Waals surface area contributed by atoms with E-state index in [9.17, 15) is 30.8 Å². The summed E-state index contributed by atoms with van der Waals surface area (Å²) in [6.45, 7) is 0. The minimum absolute atomic E-state index is 0.0716. The average Bonchev–Trinajstić information content (AvgIpc) is 2.41. The lowest BCUT2D eigenvalue weighted by molar-refractivity contribution is -0.137. The second kappa shape index (κ2) is 5.40. The number of halogens is 4. The number of carbonyl (C=O) groups excluding carboxylic acids is 1. The van der Waals surface area contributed by atoms with Crippen molar-refractivity contribution in [2.24, 2.45) is 0 Å². The Morgan fingerprint density at radius 3 is 2.43 bits per heavy atom. The largest absolute Gasteiger partial charge is 0.416 e. The first-order valence-electron chi connectivity index (χ1n) is 6.20. The van der Waals surface area contributed by atoms with Crippen LogP contribution in [0.1, 0.15) is 24.8 Å². The van der Waals surface area contributed by atoms with Gasteiger partial charge >= 0.3 is 6.18 Å². The van der Waals surface area contributed by atoms with E-state index in [1.165, 1.54) is 0 Å². The summed E-state index contributed by atoms with van der Waals surface area (Å²) in [6, 6.07) is 3.35. The molecule has 1 saturated carbocycles. The Morgan fingerprint density at radius 1 is 1.19 bits per heavy atom. The Bertz CT molecular complexity index is 652. The molecule has 1 aromatic carbocycles. The van der Waals surface area contributed by atoms with Crippen molar-refractivity contribution in [3.05, 3.63) is 29.8 Å². The van der Waals surface area contributed by atoms with Gasteiger partial charge in [-0.2, -0.15) is 13.2 Å². The van der Waals surface area contributed by atoms with Crippen molar-refractivity contribution in [1.82, 2.24) is 0 Å². The Kier molecular flexibility index (Phi) is 4.10. The molecule has 1 aromatic rings. The van der Waals surface area contributed by atoms with Gasteiger partial charge in [0, 0.05) is 12.8 Å². The summed E-state index contributed by atoms with van der Waals surface area (Å²) < 4.78 is 75.7. The summed E-state index contributed by atoms with van der Waals surface area (Å²) in [5.74, 6) is -0.662. The molecule has 2 atom stereocenters. The van der Waals surface area contributed by atoms with Crippen LogP contribution in [0.3, 0.4) is 0 Å². The van der Waals surface area contributed by atoms with Crippen LogP contribution in [0.4, 0.5) is 17.6 Å². The first-order chi connectivity index (χ1) is 9.62. The number of Topliss-reactive ketones (excluding diaryl/α,β-unsaturated/α-hetero) is 1. The quantitative estimate of drug-likeness (QED) is 0.786. The van der Waals surface area contributed by atoms with Crippen LogP contribution in [0.25, 0.3) is 0 Å². The highest BCUT2D eigenvalue weighted by Gasteiger charge is 2.38. The third-order valence-electron chi connectivity index (χ3n) is 3.46. The molecule has 8 heteroatoms. The SMILES string of the molecule is O=C1CCC(S(=O)(=O)c2cccc(C(F)(F)F)c2)CC1F. The zero-order valence-electron chi connectivity index (χ0n) is 10.7. The summed E-state index contributed by atoms with van der Waals surface area (Å²) in [4.78, 5) is 10.6. The Hall–Kier alpha value is -1.44. The molecule has 1 aliphatic rings. The minimum atomic E-state index is -4.66. The molecule has 0 spiro atoms. The normalized spacial score (nSPS) is 24.1. The van der Waals surface area contributed by atoms with Crippen LogP contribution in [0.15, 0.2) is 29.2 Å². The summed E-state index contributed by atoms with van der Waals surface area (Å²) in [6.07, 6.45) is -7.32. The molecule has 0 amide bonds. The van der Waals surface area contributed by atoms with E-state index in [0.717, 1.165) is 18.2 Å². The molecule has 2 unspecified atom stereocenters. The third-order valence-corrected chi connectivity index (χ3v) is 5.68. The van der Waals surface area contributed by atoms with Crippen molar-refractivity contribution in [1.29, 1.82) is 0 Å². The van der Waals surface area contributed by atoms with Gasteiger partial charge in [0.05, 0.1) is 15.7 Å². The third kappa shape index (κ3) is 3.25. The van der Waals surface area contributed by atoms with Gasteiger partial charge in [-0.3, -0.25) is 4.79 Å². The molecule has 0 aromatic heterocycles. The molecule has 116 valence electrons. The molecule has 21 heavy (non-hydrogen) atoms. The van der Waals surface area contributed by atoms with E-state index < -0.39 is 50.1 Å². The standard InChI is InChI=1S/C13H12F4O3S/c14-11-7-10(4-5-12(11)18)21(19,20)9-3-1-2-8(6-9)13(15,16)17/h1-3,6,10-11H,4-5,7H2. The van der Waals surface area contributed by atoms with Gasteiger partial charge < -0.3 is 0 Å². The fourth-order valence-corrected chi connectivity index (χ4v) is 4.06. The van der Waals surface area contributed by atoms with Crippen molar-refractivity contribution in [3.8, 4) is 0 Å². The van der Waals surface area contributed by atoms with Crippen LogP contribution in [0, 0.1) is 0 Å². The molecule has 0 radical (unpaired) electrons. The van der Waals surface area contributed by atoms with Gasteiger partial charge in [-0.1, -0.05) is 6.07 Å². The number of benzene rings is 1.